The Balaban J connectivity index is 1.65. The summed E-state index contributed by atoms with van der Waals surface area (Å²) in [5, 5.41) is 3.80. The summed E-state index contributed by atoms with van der Waals surface area (Å²) in [4.78, 5) is 2.78. The average molecular weight is 226 g/mol. The molecule has 3 heteroatoms. The van der Waals surface area contributed by atoms with Gasteiger partial charge in [-0.15, -0.1) is 0 Å². The first-order valence-electron chi connectivity index (χ1n) is 6.45. The second kappa shape index (κ2) is 4.27. The maximum atomic E-state index is 3.80. The molecule has 1 N–H and O–H groups in total. The predicted molar refractivity (Wildman–Crippen MR) is 66.5 cm³/mol. The Hall–Kier alpha value is 0.270. The van der Waals surface area contributed by atoms with Crippen LogP contribution in [0.1, 0.15) is 32.1 Å². The monoisotopic (exact) mass is 226 g/mol. The molecule has 3 aliphatic rings. The van der Waals surface area contributed by atoms with Gasteiger partial charge in [-0.05, 0) is 25.0 Å². The molecule has 3 fully saturated rings. The number of nitrogens with zero attached hydrogens (tertiary/aromatic N) is 1. The largest absolute Gasteiger partial charge is 0.309 e. The Bertz CT molecular complexity index is 220. The fourth-order valence-electron chi connectivity index (χ4n) is 3.50. The fraction of sp³-hybridized carbons (Fsp3) is 1.00. The molecule has 0 aromatic rings. The molecule has 15 heavy (non-hydrogen) atoms. The van der Waals surface area contributed by atoms with Crippen LogP contribution < -0.4 is 5.32 Å². The van der Waals surface area contributed by atoms with Crippen molar-refractivity contribution in [3.63, 3.8) is 0 Å². The highest BCUT2D eigenvalue weighted by molar-refractivity contribution is 7.99. The zero-order valence-electron chi connectivity index (χ0n) is 9.50. The summed E-state index contributed by atoms with van der Waals surface area (Å²) in [6.07, 6.45) is 7.16. The topological polar surface area (TPSA) is 15.3 Å². The van der Waals surface area contributed by atoms with Crippen LogP contribution >= 0.6 is 11.8 Å². The summed E-state index contributed by atoms with van der Waals surface area (Å²) in [5.74, 6) is 2.78. The number of piperazine rings is 1. The van der Waals surface area contributed by atoms with Gasteiger partial charge in [0, 0.05) is 37.0 Å². The van der Waals surface area contributed by atoms with Gasteiger partial charge < -0.3 is 5.32 Å². The molecule has 0 aromatic carbocycles. The van der Waals surface area contributed by atoms with Crippen molar-refractivity contribution >= 4 is 11.8 Å². The van der Waals surface area contributed by atoms with Gasteiger partial charge >= 0.3 is 0 Å². The van der Waals surface area contributed by atoms with Gasteiger partial charge in [0.25, 0.3) is 0 Å². The SMILES string of the molecule is C1CCC2(C1)CN(C1CCSC1)CCN2. The van der Waals surface area contributed by atoms with Crippen LogP contribution in [0.15, 0.2) is 0 Å². The zero-order valence-corrected chi connectivity index (χ0v) is 10.3. The lowest BCUT2D eigenvalue weighted by Crippen LogP contribution is -2.61. The standard InChI is InChI=1S/C12H22N2S/c1-2-5-12(4-1)10-14(7-6-13-12)11-3-8-15-9-11/h11,13H,1-10H2. The summed E-state index contributed by atoms with van der Waals surface area (Å²) in [6.45, 7) is 3.84. The normalized spacial score (nSPS) is 36.4. The van der Waals surface area contributed by atoms with E-state index in [-0.39, 0.29) is 0 Å². The molecule has 86 valence electrons. The van der Waals surface area contributed by atoms with Crippen molar-refractivity contribution in [1.82, 2.24) is 10.2 Å². The number of thioether (sulfide) groups is 1. The Morgan fingerprint density at radius 2 is 2.13 bits per heavy atom. The van der Waals surface area contributed by atoms with Crippen LogP contribution in [0.3, 0.4) is 0 Å². The third kappa shape index (κ3) is 2.06. The van der Waals surface area contributed by atoms with Crippen LogP contribution in [0, 0.1) is 0 Å². The molecule has 1 atom stereocenters. The van der Waals surface area contributed by atoms with Gasteiger partial charge in [-0.3, -0.25) is 4.90 Å². The molecule has 0 bridgehead atoms. The molecule has 1 spiro atoms. The lowest BCUT2D eigenvalue weighted by atomic mass is 9.93. The molecule has 2 heterocycles. The van der Waals surface area contributed by atoms with E-state index < -0.39 is 0 Å². The quantitative estimate of drug-likeness (QED) is 0.733. The molecule has 3 rings (SSSR count). The highest BCUT2D eigenvalue weighted by atomic mass is 32.2. The third-order valence-electron chi connectivity index (χ3n) is 4.39. The smallest absolute Gasteiger partial charge is 0.0309 e. The first kappa shape index (κ1) is 10.4. The van der Waals surface area contributed by atoms with Crippen LogP contribution in [0.4, 0.5) is 0 Å². The van der Waals surface area contributed by atoms with Crippen LogP contribution in [0.5, 0.6) is 0 Å². The minimum Gasteiger partial charge on any atom is -0.309 e. The summed E-state index contributed by atoms with van der Waals surface area (Å²) in [7, 11) is 0. The molecule has 1 saturated carbocycles. The van der Waals surface area contributed by atoms with Crippen LogP contribution in [-0.2, 0) is 0 Å². The molecule has 0 aromatic heterocycles. The highest BCUT2D eigenvalue weighted by Crippen LogP contribution is 2.34. The predicted octanol–water partition coefficient (Wildman–Crippen LogP) is 1.71. The van der Waals surface area contributed by atoms with Gasteiger partial charge in [0.15, 0.2) is 0 Å². The number of hydrogen-bond donors (Lipinski definition) is 1. The Morgan fingerprint density at radius 3 is 2.87 bits per heavy atom. The third-order valence-corrected chi connectivity index (χ3v) is 5.53. The van der Waals surface area contributed by atoms with Crippen molar-refractivity contribution in [2.24, 2.45) is 0 Å². The van der Waals surface area contributed by atoms with Crippen molar-refractivity contribution in [1.29, 1.82) is 0 Å². The van der Waals surface area contributed by atoms with E-state index in [0.29, 0.717) is 5.54 Å². The summed E-state index contributed by atoms with van der Waals surface area (Å²) in [6, 6.07) is 0.898. The van der Waals surface area contributed by atoms with Gasteiger partial charge in [0.05, 0.1) is 0 Å². The minimum atomic E-state index is 0.519. The number of rotatable bonds is 1. The number of hydrogen-bond acceptors (Lipinski definition) is 3. The molecule has 0 amide bonds. The average Bonchev–Trinajstić information content (AvgIpc) is 2.89. The second-order valence-electron chi connectivity index (χ2n) is 5.40. The van der Waals surface area contributed by atoms with Gasteiger partial charge in [-0.25, -0.2) is 0 Å². The zero-order chi connectivity index (χ0) is 10.1. The summed E-state index contributed by atoms with van der Waals surface area (Å²) >= 11 is 2.14. The molecular formula is C12H22N2S. The Kier molecular flexibility index (Phi) is 2.97. The van der Waals surface area contributed by atoms with Gasteiger partial charge in [0.2, 0.25) is 0 Å². The fourth-order valence-corrected chi connectivity index (χ4v) is 4.75. The molecule has 1 aliphatic carbocycles. The van der Waals surface area contributed by atoms with E-state index in [1.54, 1.807) is 0 Å². The molecule has 1 unspecified atom stereocenters. The maximum absolute atomic E-state index is 3.80. The van der Waals surface area contributed by atoms with E-state index in [2.05, 4.69) is 22.0 Å². The van der Waals surface area contributed by atoms with Crippen molar-refractivity contribution < 1.29 is 0 Å². The van der Waals surface area contributed by atoms with E-state index in [9.17, 15) is 0 Å². The molecule has 2 aliphatic heterocycles. The Morgan fingerprint density at radius 1 is 1.27 bits per heavy atom. The molecule has 0 radical (unpaired) electrons. The van der Waals surface area contributed by atoms with Crippen LogP contribution in [0.25, 0.3) is 0 Å². The lowest BCUT2D eigenvalue weighted by molar-refractivity contribution is 0.103. The first-order valence-corrected chi connectivity index (χ1v) is 7.60. The van der Waals surface area contributed by atoms with Crippen molar-refractivity contribution in [3.8, 4) is 0 Å². The second-order valence-corrected chi connectivity index (χ2v) is 6.55. The van der Waals surface area contributed by atoms with Crippen molar-refractivity contribution in [2.75, 3.05) is 31.1 Å². The number of nitrogens with one attached hydrogen (secondary N) is 1. The summed E-state index contributed by atoms with van der Waals surface area (Å²) in [5.41, 5.74) is 0.519. The highest BCUT2D eigenvalue weighted by Gasteiger charge is 2.39. The lowest BCUT2D eigenvalue weighted by Gasteiger charge is -2.44. The van der Waals surface area contributed by atoms with Crippen molar-refractivity contribution in [2.45, 2.75) is 43.7 Å². The van der Waals surface area contributed by atoms with E-state index in [4.69, 9.17) is 0 Å². The maximum Gasteiger partial charge on any atom is 0.0309 e. The van der Waals surface area contributed by atoms with Crippen LogP contribution in [0.2, 0.25) is 0 Å². The Labute approximate surface area is 97.2 Å². The van der Waals surface area contributed by atoms with E-state index >= 15 is 0 Å². The molecular weight excluding hydrogens is 204 g/mol. The van der Waals surface area contributed by atoms with Gasteiger partial charge in [0.1, 0.15) is 0 Å². The molecule has 2 nitrogen and oxygen atoms in total. The van der Waals surface area contributed by atoms with Crippen molar-refractivity contribution in [3.05, 3.63) is 0 Å². The summed E-state index contributed by atoms with van der Waals surface area (Å²) < 4.78 is 0. The van der Waals surface area contributed by atoms with Gasteiger partial charge in [-0.2, -0.15) is 11.8 Å². The molecule has 2 saturated heterocycles. The minimum absolute atomic E-state index is 0.519. The van der Waals surface area contributed by atoms with E-state index in [0.717, 1.165) is 6.04 Å². The first-order chi connectivity index (χ1) is 7.38. The van der Waals surface area contributed by atoms with Crippen LogP contribution in [-0.4, -0.2) is 47.6 Å². The van der Waals surface area contributed by atoms with Gasteiger partial charge in [-0.1, -0.05) is 12.8 Å². The van der Waals surface area contributed by atoms with E-state index in [1.807, 2.05) is 0 Å². The van der Waals surface area contributed by atoms with E-state index in [1.165, 1.54) is 63.2 Å².